The number of ether oxygens (including phenoxy) is 1. The summed E-state index contributed by atoms with van der Waals surface area (Å²) in [6, 6.07) is 16.3. The normalized spacial score (nSPS) is 12.3. The third kappa shape index (κ3) is 4.30. The molecule has 2 aromatic carbocycles. The Labute approximate surface area is 214 Å². The number of nitrogens with zero attached hydrogens (tertiary/aromatic N) is 4. The van der Waals surface area contributed by atoms with Crippen LogP contribution in [0.25, 0.3) is 53.6 Å². The first-order valence-corrected chi connectivity index (χ1v) is 16.5. The van der Waals surface area contributed by atoms with Crippen LogP contribution in [-0.2, 0) is 11.5 Å². The summed E-state index contributed by atoms with van der Waals surface area (Å²) < 4.78 is 9.33. The number of nitrogens with one attached hydrogen (secondary N) is 1. The fourth-order valence-corrected chi connectivity index (χ4v) is 6.30. The zero-order valence-electron chi connectivity index (χ0n) is 20.6. The average Bonchev–Trinajstić information content (AvgIpc) is 3.56. The minimum absolute atomic E-state index is 0.262. The summed E-state index contributed by atoms with van der Waals surface area (Å²) in [7, 11) is -1.16. The molecule has 0 aliphatic carbocycles. The Balaban J connectivity index is 1.49. The van der Waals surface area contributed by atoms with Crippen molar-refractivity contribution < 1.29 is 4.74 Å². The summed E-state index contributed by atoms with van der Waals surface area (Å²) >= 11 is 1.79. The van der Waals surface area contributed by atoms with Crippen molar-refractivity contribution in [2.45, 2.75) is 32.4 Å². The first-order valence-electron chi connectivity index (χ1n) is 12.0. The molecule has 0 aliphatic heterocycles. The molecule has 0 bridgehead atoms. The highest BCUT2D eigenvalue weighted by atomic mass is 32.1. The molecular weight excluding hydrogens is 484 g/mol. The summed E-state index contributed by atoms with van der Waals surface area (Å²) in [6.45, 7) is 8.28. The molecule has 0 atom stereocenters. The minimum atomic E-state index is -1.16. The number of rotatable bonds is 7. The van der Waals surface area contributed by atoms with Crippen molar-refractivity contribution in [3.63, 3.8) is 0 Å². The van der Waals surface area contributed by atoms with Gasteiger partial charge < -0.3 is 15.5 Å². The van der Waals surface area contributed by atoms with Gasteiger partial charge in [0, 0.05) is 47.0 Å². The largest absolute Gasteiger partial charge is 0.368 e. The molecule has 9 heteroatoms. The van der Waals surface area contributed by atoms with E-state index in [1.165, 1.54) is 15.0 Å². The second-order valence-corrected chi connectivity index (χ2v) is 17.0. The van der Waals surface area contributed by atoms with Crippen molar-refractivity contribution in [1.82, 2.24) is 24.7 Å². The molecule has 4 heterocycles. The molecule has 0 saturated heterocycles. The standard InChI is InChI=1S/C27H28N6OSSi/c1-36(2,3)9-8-34-16-33-26-19(13-31-33)10-18(21-14-29-22-15-30-27(28)32-25(21)22)11-20(26)24-12-17-6-4-5-7-23(17)35-24/h4-7,10-15,29H,8-9,16H2,1-3H3,(H2,28,30,32). The van der Waals surface area contributed by atoms with Gasteiger partial charge in [0.05, 0.1) is 23.4 Å². The van der Waals surface area contributed by atoms with Gasteiger partial charge >= 0.3 is 0 Å². The van der Waals surface area contributed by atoms with Crippen LogP contribution in [0, 0.1) is 0 Å². The van der Waals surface area contributed by atoms with Crippen LogP contribution in [0.15, 0.2) is 61.1 Å². The van der Waals surface area contributed by atoms with Gasteiger partial charge in [-0.15, -0.1) is 11.3 Å². The summed E-state index contributed by atoms with van der Waals surface area (Å²) in [4.78, 5) is 13.1. The Hall–Kier alpha value is -3.53. The first kappa shape index (κ1) is 22.9. The number of anilines is 1. The maximum Gasteiger partial charge on any atom is 0.220 e. The van der Waals surface area contributed by atoms with Crippen LogP contribution in [0.4, 0.5) is 5.95 Å². The van der Waals surface area contributed by atoms with Crippen LogP contribution in [0.3, 0.4) is 0 Å². The average molecular weight is 513 g/mol. The molecule has 36 heavy (non-hydrogen) atoms. The predicted molar refractivity (Wildman–Crippen MR) is 152 cm³/mol. The smallest absolute Gasteiger partial charge is 0.220 e. The van der Waals surface area contributed by atoms with Crippen molar-refractivity contribution in [2.75, 3.05) is 12.3 Å². The molecule has 7 nitrogen and oxygen atoms in total. The molecule has 6 aromatic rings. The second-order valence-electron chi connectivity index (χ2n) is 10.3. The lowest BCUT2D eigenvalue weighted by molar-refractivity contribution is 0.0817. The molecule has 0 aliphatic rings. The van der Waals surface area contributed by atoms with Gasteiger partial charge in [0.15, 0.2) is 0 Å². The number of benzene rings is 2. The summed E-state index contributed by atoms with van der Waals surface area (Å²) in [5.41, 5.74) is 11.8. The van der Waals surface area contributed by atoms with Crippen molar-refractivity contribution in [3.8, 4) is 21.6 Å². The highest BCUT2D eigenvalue weighted by Gasteiger charge is 2.18. The fraction of sp³-hybridized carbons (Fsp3) is 0.222. The number of H-pyrrole nitrogens is 1. The Bertz CT molecular complexity index is 1680. The van der Waals surface area contributed by atoms with Crippen LogP contribution in [0.5, 0.6) is 0 Å². The molecule has 0 spiro atoms. The number of hydrogen-bond acceptors (Lipinski definition) is 6. The minimum Gasteiger partial charge on any atom is -0.368 e. The van der Waals surface area contributed by atoms with E-state index in [1.807, 2.05) is 17.1 Å². The van der Waals surface area contributed by atoms with E-state index in [2.05, 4.69) is 77.1 Å². The van der Waals surface area contributed by atoms with Crippen molar-refractivity contribution >= 4 is 57.4 Å². The lowest BCUT2D eigenvalue weighted by atomic mass is 10.0. The molecule has 0 amide bonds. The van der Waals surface area contributed by atoms with Gasteiger partial charge in [-0.2, -0.15) is 5.10 Å². The first-order chi connectivity index (χ1) is 17.4. The highest BCUT2D eigenvalue weighted by Crippen LogP contribution is 2.40. The molecule has 0 saturated carbocycles. The van der Waals surface area contributed by atoms with Crippen LogP contribution in [0.2, 0.25) is 25.7 Å². The van der Waals surface area contributed by atoms with Gasteiger partial charge in [-0.1, -0.05) is 37.8 Å². The molecule has 0 radical (unpaired) electrons. The Morgan fingerprint density at radius 2 is 1.92 bits per heavy atom. The summed E-state index contributed by atoms with van der Waals surface area (Å²) in [5, 5.41) is 7.02. The molecular formula is C27H28N6OSSi. The molecule has 0 fully saturated rings. The van der Waals surface area contributed by atoms with Gasteiger partial charge in [-0.3, -0.25) is 0 Å². The van der Waals surface area contributed by atoms with Crippen LogP contribution in [-0.4, -0.2) is 39.4 Å². The molecule has 3 N–H and O–H groups in total. The lowest BCUT2D eigenvalue weighted by Crippen LogP contribution is -2.22. The van der Waals surface area contributed by atoms with E-state index in [0.717, 1.165) is 51.3 Å². The molecule has 0 unspecified atom stereocenters. The number of thiophene rings is 1. The van der Waals surface area contributed by atoms with E-state index < -0.39 is 8.07 Å². The van der Waals surface area contributed by atoms with Gasteiger partial charge in [0.25, 0.3) is 0 Å². The van der Waals surface area contributed by atoms with Crippen molar-refractivity contribution in [3.05, 3.63) is 61.1 Å². The van der Waals surface area contributed by atoms with E-state index in [9.17, 15) is 0 Å². The molecule has 4 aromatic heterocycles. The van der Waals surface area contributed by atoms with Gasteiger partial charge in [0.2, 0.25) is 5.95 Å². The van der Waals surface area contributed by atoms with Gasteiger partial charge in [0.1, 0.15) is 12.2 Å². The predicted octanol–water partition coefficient (Wildman–Crippen LogP) is 6.75. The number of nitrogen functional groups attached to an aromatic ring is 1. The van der Waals surface area contributed by atoms with E-state index >= 15 is 0 Å². The molecule has 182 valence electrons. The third-order valence-corrected chi connectivity index (χ3v) is 9.23. The quantitative estimate of drug-likeness (QED) is 0.182. The van der Waals surface area contributed by atoms with E-state index in [-0.39, 0.29) is 5.95 Å². The van der Waals surface area contributed by atoms with E-state index in [0.29, 0.717) is 6.73 Å². The SMILES string of the molecule is C[Si](C)(C)CCOCn1ncc2cc(-c3c[nH]c4cnc(N)nc34)cc(-c3cc4ccccc4s3)c21. The second kappa shape index (κ2) is 8.84. The number of aromatic nitrogens is 5. The Kier molecular flexibility index (Phi) is 5.63. The lowest BCUT2D eigenvalue weighted by Gasteiger charge is -2.16. The maximum atomic E-state index is 6.09. The van der Waals surface area contributed by atoms with Crippen LogP contribution >= 0.6 is 11.3 Å². The third-order valence-electron chi connectivity index (χ3n) is 6.38. The van der Waals surface area contributed by atoms with Crippen LogP contribution in [0.1, 0.15) is 0 Å². The fourth-order valence-electron chi connectivity index (χ4n) is 4.46. The topological polar surface area (TPSA) is 94.6 Å². The van der Waals surface area contributed by atoms with Gasteiger partial charge in [-0.05, 0) is 41.3 Å². The summed E-state index contributed by atoms with van der Waals surface area (Å²) in [6.07, 6.45) is 5.62. The number of aromatic amines is 1. The van der Waals surface area contributed by atoms with Gasteiger partial charge in [-0.25, -0.2) is 14.6 Å². The Morgan fingerprint density at radius 1 is 1.06 bits per heavy atom. The number of fused-ring (bicyclic) bond motifs is 3. The maximum absolute atomic E-state index is 6.09. The highest BCUT2D eigenvalue weighted by molar-refractivity contribution is 7.22. The zero-order chi connectivity index (χ0) is 24.9. The molecule has 6 rings (SSSR count). The van der Waals surface area contributed by atoms with E-state index in [4.69, 9.17) is 15.6 Å². The zero-order valence-corrected chi connectivity index (χ0v) is 22.4. The Morgan fingerprint density at radius 3 is 2.75 bits per heavy atom. The van der Waals surface area contributed by atoms with Crippen molar-refractivity contribution in [1.29, 1.82) is 0 Å². The number of nitrogens with two attached hydrogens (primary N) is 1. The number of hydrogen-bond donors (Lipinski definition) is 2. The summed E-state index contributed by atoms with van der Waals surface area (Å²) in [5.74, 6) is 0.262. The monoisotopic (exact) mass is 512 g/mol. The van der Waals surface area contributed by atoms with Crippen LogP contribution < -0.4 is 5.73 Å². The van der Waals surface area contributed by atoms with E-state index in [1.54, 1.807) is 17.5 Å². The van der Waals surface area contributed by atoms with Crippen molar-refractivity contribution in [2.24, 2.45) is 0 Å².